The molecular formula is C18H25NO5. The molecule has 2 heterocycles. The number of likely N-dealkylation sites (tertiary alicyclic amines) is 1. The minimum absolute atomic E-state index is 0.0758. The van der Waals surface area contributed by atoms with Crippen molar-refractivity contribution in [2.75, 3.05) is 40.5 Å². The highest BCUT2D eigenvalue weighted by atomic mass is 16.7. The van der Waals surface area contributed by atoms with Crippen LogP contribution in [-0.4, -0.2) is 57.6 Å². The molecule has 2 fully saturated rings. The van der Waals surface area contributed by atoms with Crippen molar-refractivity contribution in [3.05, 3.63) is 23.8 Å². The SMILES string of the molecule is COc1ccc(CC(=O)N2CCC(C3OCCO3)CC2)cc1OC. The summed E-state index contributed by atoms with van der Waals surface area (Å²) >= 11 is 0. The number of benzene rings is 1. The van der Waals surface area contributed by atoms with Crippen LogP contribution in [0.15, 0.2) is 18.2 Å². The first kappa shape index (κ1) is 17.0. The van der Waals surface area contributed by atoms with Crippen molar-refractivity contribution in [3.63, 3.8) is 0 Å². The number of ether oxygens (including phenoxy) is 4. The van der Waals surface area contributed by atoms with Crippen molar-refractivity contribution in [1.82, 2.24) is 4.90 Å². The highest BCUT2D eigenvalue weighted by Crippen LogP contribution is 2.29. The molecule has 2 aliphatic rings. The Morgan fingerprint density at radius 3 is 2.42 bits per heavy atom. The van der Waals surface area contributed by atoms with Crippen LogP contribution in [0, 0.1) is 5.92 Å². The van der Waals surface area contributed by atoms with Crippen molar-refractivity contribution in [1.29, 1.82) is 0 Å². The van der Waals surface area contributed by atoms with Gasteiger partial charge in [-0.2, -0.15) is 0 Å². The molecule has 0 aromatic heterocycles. The Kier molecular flexibility index (Phi) is 5.58. The fourth-order valence-electron chi connectivity index (χ4n) is 3.35. The Morgan fingerprint density at radius 2 is 1.79 bits per heavy atom. The highest BCUT2D eigenvalue weighted by molar-refractivity contribution is 5.79. The largest absolute Gasteiger partial charge is 0.493 e. The summed E-state index contributed by atoms with van der Waals surface area (Å²) in [6.07, 6.45) is 2.17. The van der Waals surface area contributed by atoms with Crippen molar-refractivity contribution >= 4 is 5.91 Å². The maximum atomic E-state index is 12.5. The van der Waals surface area contributed by atoms with Crippen LogP contribution in [0.3, 0.4) is 0 Å². The first-order chi connectivity index (χ1) is 11.7. The first-order valence-electron chi connectivity index (χ1n) is 8.43. The van der Waals surface area contributed by atoms with Gasteiger partial charge in [-0.3, -0.25) is 4.79 Å². The minimum Gasteiger partial charge on any atom is -0.493 e. The van der Waals surface area contributed by atoms with Crippen LogP contribution in [0.4, 0.5) is 0 Å². The summed E-state index contributed by atoms with van der Waals surface area (Å²) in [5, 5.41) is 0. The predicted molar refractivity (Wildman–Crippen MR) is 88.2 cm³/mol. The lowest BCUT2D eigenvalue weighted by Gasteiger charge is -2.34. The Labute approximate surface area is 142 Å². The molecule has 0 bridgehead atoms. The summed E-state index contributed by atoms with van der Waals surface area (Å²) in [5.74, 6) is 1.87. The highest BCUT2D eigenvalue weighted by Gasteiger charge is 2.31. The second-order valence-corrected chi connectivity index (χ2v) is 6.19. The number of carbonyl (C=O) groups is 1. The summed E-state index contributed by atoms with van der Waals surface area (Å²) in [7, 11) is 3.20. The van der Waals surface area contributed by atoms with Gasteiger partial charge in [0, 0.05) is 19.0 Å². The molecule has 1 amide bonds. The molecule has 3 rings (SSSR count). The molecule has 1 aromatic rings. The molecule has 24 heavy (non-hydrogen) atoms. The number of hydrogen-bond acceptors (Lipinski definition) is 5. The van der Waals surface area contributed by atoms with E-state index in [0.29, 0.717) is 37.1 Å². The number of nitrogens with zero attached hydrogens (tertiary/aromatic N) is 1. The van der Waals surface area contributed by atoms with E-state index in [2.05, 4.69) is 0 Å². The van der Waals surface area contributed by atoms with Gasteiger partial charge in [0.05, 0.1) is 33.9 Å². The zero-order valence-corrected chi connectivity index (χ0v) is 14.3. The quantitative estimate of drug-likeness (QED) is 0.822. The molecule has 0 radical (unpaired) electrons. The van der Waals surface area contributed by atoms with Crippen LogP contribution < -0.4 is 9.47 Å². The normalized spacial score (nSPS) is 19.5. The molecule has 132 valence electrons. The molecule has 1 aromatic carbocycles. The van der Waals surface area contributed by atoms with Crippen LogP contribution in [0.25, 0.3) is 0 Å². The molecule has 0 atom stereocenters. The first-order valence-corrected chi connectivity index (χ1v) is 8.43. The number of carbonyl (C=O) groups excluding carboxylic acids is 1. The van der Waals surface area contributed by atoms with Gasteiger partial charge >= 0.3 is 0 Å². The number of methoxy groups -OCH3 is 2. The van der Waals surface area contributed by atoms with E-state index >= 15 is 0 Å². The smallest absolute Gasteiger partial charge is 0.226 e. The standard InChI is InChI=1S/C18H25NO5/c1-21-15-4-3-13(11-16(15)22-2)12-17(20)19-7-5-14(6-8-19)18-23-9-10-24-18/h3-4,11,14,18H,5-10,12H2,1-2H3. The number of rotatable bonds is 5. The molecule has 2 saturated heterocycles. The molecule has 0 spiro atoms. The van der Waals surface area contributed by atoms with E-state index in [0.717, 1.165) is 31.5 Å². The van der Waals surface area contributed by atoms with Gasteiger partial charge in [-0.25, -0.2) is 0 Å². The van der Waals surface area contributed by atoms with Gasteiger partial charge in [0.15, 0.2) is 17.8 Å². The maximum Gasteiger partial charge on any atom is 0.226 e. The van der Waals surface area contributed by atoms with E-state index in [4.69, 9.17) is 18.9 Å². The lowest BCUT2D eigenvalue weighted by atomic mass is 9.95. The molecule has 0 N–H and O–H groups in total. The monoisotopic (exact) mass is 335 g/mol. The van der Waals surface area contributed by atoms with E-state index in [1.54, 1.807) is 14.2 Å². The van der Waals surface area contributed by atoms with Crippen LogP contribution in [0.5, 0.6) is 11.5 Å². The summed E-state index contributed by atoms with van der Waals surface area (Å²) < 4.78 is 21.7. The lowest BCUT2D eigenvalue weighted by molar-refractivity contribution is -0.136. The van der Waals surface area contributed by atoms with Crippen LogP contribution >= 0.6 is 0 Å². The zero-order valence-electron chi connectivity index (χ0n) is 14.3. The van der Waals surface area contributed by atoms with Gasteiger partial charge in [0.25, 0.3) is 0 Å². The fourth-order valence-corrected chi connectivity index (χ4v) is 3.35. The second kappa shape index (κ2) is 7.85. The molecule has 6 heteroatoms. The average molecular weight is 335 g/mol. The van der Waals surface area contributed by atoms with Crippen molar-refractivity contribution in [2.24, 2.45) is 5.92 Å². The zero-order chi connectivity index (χ0) is 16.9. The Hall–Kier alpha value is -1.79. The van der Waals surface area contributed by atoms with E-state index in [9.17, 15) is 4.79 Å². The molecular weight excluding hydrogens is 310 g/mol. The van der Waals surface area contributed by atoms with Crippen molar-refractivity contribution in [3.8, 4) is 11.5 Å². The Bertz CT molecular complexity index is 563. The fraction of sp³-hybridized carbons (Fsp3) is 0.611. The van der Waals surface area contributed by atoms with Crippen molar-refractivity contribution in [2.45, 2.75) is 25.6 Å². The second-order valence-electron chi connectivity index (χ2n) is 6.19. The van der Waals surface area contributed by atoms with E-state index in [1.807, 2.05) is 23.1 Å². The number of piperidine rings is 1. The van der Waals surface area contributed by atoms with Gasteiger partial charge < -0.3 is 23.8 Å². The Morgan fingerprint density at radius 1 is 1.12 bits per heavy atom. The summed E-state index contributed by atoms with van der Waals surface area (Å²) in [6, 6.07) is 5.61. The summed E-state index contributed by atoms with van der Waals surface area (Å²) in [4.78, 5) is 14.5. The average Bonchev–Trinajstić information content (AvgIpc) is 3.16. The third-order valence-corrected chi connectivity index (χ3v) is 4.73. The van der Waals surface area contributed by atoms with Crippen molar-refractivity contribution < 1.29 is 23.7 Å². The van der Waals surface area contributed by atoms with Gasteiger partial charge in [-0.15, -0.1) is 0 Å². The predicted octanol–water partition coefficient (Wildman–Crippen LogP) is 1.86. The topological polar surface area (TPSA) is 57.2 Å². The van der Waals surface area contributed by atoms with Gasteiger partial charge in [-0.05, 0) is 30.5 Å². The van der Waals surface area contributed by atoms with Crippen LogP contribution in [-0.2, 0) is 20.7 Å². The summed E-state index contributed by atoms with van der Waals surface area (Å²) in [5.41, 5.74) is 0.933. The molecule has 0 saturated carbocycles. The van der Waals surface area contributed by atoms with Crippen LogP contribution in [0.1, 0.15) is 18.4 Å². The van der Waals surface area contributed by atoms with E-state index in [1.165, 1.54) is 0 Å². The molecule has 0 aliphatic carbocycles. The van der Waals surface area contributed by atoms with Gasteiger partial charge in [-0.1, -0.05) is 6.07 Å². The van der Waals surface area contributed by atoms with Gasteiger partial charge in [0.1, 0.15) is 0 Å². The summed E-state index contributed by atoms with van der Waals surface area (Å²) in [6.45, 7) is 2.90. The molecule has 2 aliphatic heterocycles. The molecule has 6 nitrogen and oxygen atoms in total. The van der Waals surface area contributed by atoms with E-state index < -0.39 is 0 Å². The van der Waals surface area contributed by atoms with E-state index in [-0.39, 0.29) is 12.2 Å². The maximum absolute atomic E-state index is 12.5. The Balaban J connectivity index is 1.54. The third kappa shape index (κ3) is 3.82. The lowest BCUT2D eigenvalue weighted by Crippen LogP contribution is -2.42. The molecule has 0 unspecified atom stereocenters. The number of amides is 1. The van der Waals surface area contributed by atoms with Gasteiger partial charge in [0.2, 0.25) is 5.91 Å². The van der Waals surface area contributed by atoms with Crippen LogP contribution in [0.2, 0.25) is 0 Å². The third-order valence-electron chi connectivity index (χ3n) is 4.73. The minimum atomic E-state index is -0.0758. The number of hydrogen-bond donors (Lipinski definition) is 0.